The normalized spacial score (nSPS) is 11.8. The Morgan fingerprint density at radius 3 is 2.02 bits per heavy atom. The van der Waals surface area contributed by atoms with E-state index in [-0.39, 0.29) is 17.3 Å². The van der Waals surface area contributed by atoms with Crippen molar-refractivity contribution in [1.29, 1.82) is 0 Å². The van der Waals surface area contributed by atoms with E-state index < -0.39 is 28.5 Å². The highest BCUT2D eigenvalue weighted by atomic mass is 32.2. The Morgan fingerprint density at radius 2 is 1.50 bits per heavy atom. The van der Waals surface area contributed by atoms with Crippen molar-refractivity contribution in [3.8, 4) is 11.5 Å². The lowest BCUT2D eigenvalue weighted by Crippen LogP contribution is -2.51. The Bertz CT molecular complexity index is 1370. The lowest BCUT2D eigenvalue weighted by atomic mass is 10.1. The highest BCUT2D eigenvalue weighted by Gasteiger charge is 2.33. The predicted octanol–water partition coefficient (Wildman–Crippen LogP) is 4.15. The van der Waals surface area contributed by atoms with Crippen molar-refractivity contribution in [2.24, 2.45) is 0 Å². The van der Waals surface area contributed by atoms with Crippen LogP contribution in [0.4, 0.5) is 5.69 Å². The second-order valence-corrected chi connectivity index (χ2v) is 11.0. The second-order valence-electron chi connectivity index (χ2n) is 9.16. The van der Waals surface area contributed by atoms with Crippen LogP contribution in [0.15, 0.2) is 77.7 Å². The Morgan fingerprint density at radius 1 is 0.900 bits per heavy atom. The van der Waals surface area contributed by atoms with E-state index in [1.807, 2.05) is 32.9 Å². The molecular weight excluding hydrogens is 530 g/mol. The third-order valence-corrected chi connectivity index (χ3v) is 8.26. The number of methoxy groups -OCH3 is 1. The van der Waals surface area contributed by atoms with Gasteiger partial charge in [-0.15, -0.1) is 0 Å². The van der Waals surface area contributed by atoms with Crippen LogP contribution in [-0.2, 0) is 26.2 Å². The smallest absolute Gasteiger partial charge is 0.264 e. The summed E-state index contributed by atoms with van der Waals surface area (Å²) in [7, 11) is -1.06. The van der Waals surface area contributed by atoms with Gasteiger partial charge in [-0.05, 0) is 74.4 Å². The number of carbonyl (C=O) groups is 2. The molecular formula is C30H37N3O6S. The molecule has 9 nitrogen and oxygen atoms in total. The van der Waals surface area contributed by atoms with Crippen LogP contribution in [0.2, 0.25) is 0 Å². The molecule has 0 saturated carbocycles. The summed E-state index contributed by atoms with van der Waals surface area (Å²) in [5.41, 5.74) is 1.98. The maximum atomic E-state index is 14.0. The highest BCUT2D eigenvalue weighted by Crippen LogP contribution is 2.27. The van der Waals surface area contributed by atoms with Crippen LogP contribution in [-0.4, -0.2) is 58.5 Å². The molecule has 0 aliphatic heterocycles. The van der Waals surface area contributed by atoms with Gasteiger partial charge in [0.05, 0.1) is 24.3 Å². The largest absolute Gasteiger partial charge is 0.497 e. The van der Waals surface area contributed by atoms with Crippen LogP contribution in [0, 0.1) is 6.92 Å². The van der Waals surface area contributed by atoms with E-state index in [4.69, 9.17) is 9.47 Å². The van der Waals surface area contributed by atoms with Gasteiger partial charge in [-0.1, -0.05) is 36.8 Å². The van der Waals surface area contributed by atoms with Gasteiger partial charge >= 0.3 is 0 Å². The van der Waals surface area contributed by atoms with Crippen LogP contribution in [0.1, 0.15) is 31.4 Å². The Labute approximate surface area is 236 Å². The molecule has 0 bridgehead atoms. The summed E-state index contributed by atoms with van der Waals surface area (Å²) < 4.78 is 39.6. The van der Waals surface area contributed by atoms with Crippen LogP contribution in [0.5, 0.6) is 11.5 Å². The molecule has 10 heteroatoms. The standard InChI is InChI=1S/C30H37N3O6S/c1-6-28(30(35)31-4)32(20-23-10-14-25(38-5)15-11-23)29(34)21-33(24-12-16-26(17-13-24)39-7-2)40(36,37)27-18-8-22(3)9-19-27/h8-19,28H,6-7,20-21H2,1-5H3,(H,31,35)/t28-/m0/s1. The zero-order valence-corrected chi connectivity index (χ0v) is 24.4. The van der Waals surface area contributed by atoms with Crippen LogP contribution < -0.4 is 19.1 Å². The van der Waals surface area contributed by atoms with E-state index in [9.17, 15) is 18.0 Å². The van der Waals surface area contributed by atoms with Crippen molar-refractivity contribution in [3.05, 3.63) is 83.9 Å². The number of aryl methyl sites for hydroxylation is 1. The molecule has 3 aromatic carbocycles. The lowest BCUT2D eigenvalue weighted by molar-refractivity contribution is -0.140. The number of nitrogens with zero attached hydrogens (tertiary/aromatic N) is 2. The molecule has 1 N–H and O–H groups in total. The number of carbonyl (C=O) groups excluding carboxylic acids is 2. The molecule has 0 fully saturated rings. The van der Waals surface area contributed by atoms with Gasteiger partial charge in [-0.2, -0.15) is 0 Å². The van der Waals surface area contributed by atoms with Gasteiger partial charge in [0, 0.05) is 13.6 Å². The molecule has 0 unspecified atom stereocenters. The zero-order valence-electron chi connectivity index (χ0n) is 23.6. The number of benzene rings is 3. The number of likely N-dealkylation sites (N-methyl/N-ethyl adjacent to an activating group) is 1. The summed E-state index contributed by atoms with van der Waals surface area (Å²) in [6, 6.07) is 19.3. The molecule has 3 aromatic rings. The summed E-state index contributed by atoms with van der Waals surface area (Å²) in [6.45, 7) is 5.59. The molecule has 214 valence electrons. The maximum Gasteiger partial charge on any atom is 0.264 e. The third-order valence-electron chi connectivity index (χ3n) is 6.47. The van der Waals surface area contributed by atoms with Crippen LogP contribution in [0.3, 0.4) is 0 Å². The van der Waals surface area contributed by atoms with Gasteiger partial charge in [0.15, 0.2) is 0 Å². The molecule has 0 radical (unpaired) electrons. The van der Waals surface area contributed by atoms with Gasteiger partial charge in [0.1, 0.15) is 24.1 Å². The molecule has 2 amide bonds. The number of ether oxygens (including phenoxy) is 2. The Hall–Kier alpha value is -4.05. The molecule has 0 aliphatic rings. The number of rotatable bonds is 13. The number of hydrogen-bond donors (Lipinski definition) is 1. The average molecular weight is 568 g/mol. The summed E-state index contributed by atoms with van der Waals surface area (Å²) >= 11 is 0. The fourth-order valence-electron chi connectivity index (χ4n) is 4.26. The molecule has 1 atom stereocenters. The number of sulfonamides is 1. The number of nitrogens with one attached hydrogen (secondary N) is 1. The van der Waals surface area contributed by atoms with Crippen molar-refractivity contribution in [2.45, 2.75) is 44.7 Å². The van der Waals surface area contributed by atoms with Gasteiger partial charge in [0.25, 0.3) is 10.0 Å². The summed E-state index contributed by atoms with van der Waals surface area (Å²) in [6.07, 6.45) is 0.343. The van der Waals surface area contributed by atoms with E-state index in [2.05, 4.69) is 5.32 Å². The van der Waals surface area contributed by atoms with Crippen LogP contribution >= 0.6 is 0 Å². The lowest BCUT2D eigenvalue weighted by Gasteiger charge is -2.33. The van der Waals surface area contributed by atoms with E-state index in [0.717, 1.165) is 15.4 Å². The fraction of sp³-hybridized carbons (Fsp3) is 0.333. The van der Waals surface area contributed by atoms with Gasteiger partial charge in [-0.3, -0.25) is 13.9 Å². The molecule has 0 aliphatic carbocycles. The number of anilines is 1. The second kappa shape index (κ2) is 13.8. The van der Waals surface area contributed by atoms with E-state index >= 15 is 0 Å². The minimum absolute atomic E-state index is 0.0554. The van der Waals surface area contributed by atoms with Gasteiger partial charge in [0.2, 0.25) is 11.8 Å². The number of amides is 2. The first-order valence-electron chi connectivity index (χ1n) is 13.1. The van der Waals surface area contributed by atoms with Gasteiger partial charge < -0.3 is 19.7 Å². The molecule has 0 aromatic heterocycles. The maximum absolute atomic E-state index is 14.0. The van der Waals surface area contributed by atoms with Crippen molar-refractivity contribution in [3.63, 3.8) is 0 Å². The average Bonchev–Trinajstić information content (AvgIpc) is 2.96. The van der Waals surface area contributed by atoms with Crippen molar-refractivity contribution in [2.75, 3.05) is 31.6 Å². The summed E-state index contributed by atoms with van der Waals surface area (Å²) in [5, 5.41) is 2.62. The quantitative estimate of drug-likeness (QED) is 0.333. The first-order valence-corrected chi connectivity index (χ1v) is 14.5. The van der Waals surface area contributed by atoms with Crippen molar-refractivity contribution < 1.29 is 27.5 Å². The van der Waals surface area contributed by atoms with E-state index in [1.54, 1.807) is 55.6 Å². The van der Waals surface area contributed by atoms with Crippen molar-refractivity contribution in [1.82, 2.24) is 10.2 Å². The topological polar surface area (TPSA) is 105 Å². The van der Waals surface area contributed by atoms with Gasteiger partial charge in [-0.25, -0.2) is 8.42 Å². The highest BCUT2D eigenvalue weighted by molar-refractivity contribution is 7.92. The monoisotopic (exact) mass is 567 g/mol. The zero-order chi connectivity index (χ0) is 29.3. The van der Waals surface area contributed by atoms with Crippen molar-refractivity contribution >= 4 is 27.5 Å². The SMILES string of the molecule is CCOc1ccc(N(CC(=O)N(Cc2ccc(OC)cc2)[C@@H](CC)C(=O)NC)S(=O)(=O)c2ccc(C)cc2)cc1. The Kier molecular flexibility index (Phi) is 10.6. The predicted molar refractivity (Wildman–Crippen MR) is 155 cm³/mol. The molecule has 0 spiro atoms. The third kappa shape index (κ3) is 7.32. The number of hydrogen-bond acceptors (Lipinski definition) is 6. The van der Waals surface area contributed by atoms with Crippen LogP contribution in [0.25, 0.3) is 0 Å². The first-order chi connectivity index (χ1) is 19.1. The van der Waals surface area contributed by atoms with E-state index in [0.29, 0.717) is 30.2 Å². The molecule has 0 heterocycles. The fourth-order valence-corrected chi connectivity index (χ4v) is 5.67. The Balaban J connectivity index is 2.04. The summed E-state index contributed by atoms with van der Waals surface area (Å²) in [5.74, 6) is 0.386. The molecule has 0 saturated heterocycles. The minimum Gasteiger partial charge on any atom is -0.497 e. The molecule has 3 rings (SSSR count). The summed E-state index contributed by atoms with van der Waals surface area (Å²) in [4.78, 5) is 28.3. The first kappa shape index (κ1) is 30.5. The van der Waals surface area contributed by atoms with E-state index in [1.165, 1.54) is 24.1 Å². The minimum atomic E-state index is -4.14. The molecule has 40 heavy (non-hydrogen) atoms.